The molecule has 0 unspecified atom stereocenters. The third-order valence-corrected chi connectivity index (χ3v) is 4.81. The summed E-state index contributed by atoms with van der Waals surface area (Å²) in [5.41, 5.74) is 0. The van der Waals surface area contributed by atoms with E-state index in [1.165, 1.54) is 57.8 Å². The van der Waals surface area contributed by atoms with Crippen molar-refractivity contribution in [2.45, 2.75) is 95.5 Å². The number of aliphatic hydroxyl groups excluding tert-OH is 3. The van der Waals surface area contributed by atoms with Crippen LogP contribution < -0.4 is 0 Å². The van der Waals surface area contributed by atoms with Crippen molar-refractivity contribution in [3.05, 3.63) is 12.2 Å². The van der Waals surface area contributed by atoms with Gasteiger partial charge in [0.2, 0.25) is 0 Å². The molecule has 0 aliphatic carbocycles. The molecule has 0 radical (unpaired) electrons. The Balaban J connectivity index is 1.95. The van der Waals surface area contributed by atoms with Crippen LogP contribution >= 0.6 is 0 Å². The molecule has 0 aromatic rings. The van der Waals surface area contributed by atoms with Gasteiger partial charge < -0.3 is 24.8 Å². The quantitative estimate of drug-likeness (QED) is 0.329. The Hall–Kier alpha value is -0.460. The van der Waals surface area contributed by atoms with Crippen molar-refractivity contribution in [2.75, 3.05) is 19.8 Å². The van der Waals surface area contributed by atoms with Gasteiger partial charge in [-0.1, -0.05) is 70.4 Å². The average Bonchev–Trinajstić information content (AvgIpc) is 2.62. The van der Waals surface area contributed by atoms with Crippen molar-refractivity contribution in [1.82, 2.24) is 0 Å². The molecule has 1 aliphatic rings. The van der Waals surface area contributed by atoms with Gasteiger partial charge in [0, 0.05) is 0 Å². The number of hydrogen-bond donors (Lipinski definition) is 3. The Morgan fingerprint density at radius 3 is 2.20 bits per heavy atom. The molecule has 1 heterocycles. The van der Waals surface area contributed by atoms with Crippen LogP contribution in [0.3, 0.4) is 0 Å². The standard InChI is InChI=1S/C20H38O5/c1-2-3-4-5-6-7-8-9-10-11-12-13-14-24-18-16-25-17(15-21)19(22)20(18)23/h12-13,17-23H,2-11,14-16H2,1H3/b13-12+/t17-,18+,19-,20-/m0/s1. The Kier molecular flexibility index (Phi) is 13.3. The Morgan fingerprint density at radius 1 is 0.920 bits per heavy atom. The predicted molar refractivity (Wildman–Crippen MR) is 99.6 cm³/mol. The van der Waals surface area contributed by atoms with Gasteiger partial charge in [-0.3, -0.25) is 0 Å². The molecule has 0 saturated carbocycles. The lowest BCUT2D eigenvalue weighted by atomic mass is 10.0. The summed E-state index contributed by atoms with van der Waals surface area (Å²) in [5, 5.41) is 28.7. The van der Waals surface area contributed by atoms with Crippen LogP contribution in [-0.4, -0.2) is 59.6 Å². The first-order valence-electron chi connectivity index (χ1n) is 10.1. The van der Waals surface area contributed by atoms with E-state index >= 15 is 0 Å². The summed E-state index contributed by atoms with van der Waals surface area (Å²) in [7, 11) is 0. The zero-order chi connectivity index (χ0) is 18.3. The van der Waals surface area contributed by atoms with E-state index in [9.17, 15) is 10.2 Å². The summed E-state index contributed by atoms with van der Waals surface area (Å²) in [6.07, 6.45) is 13.7. The summed E-state index contributed by atoms with van der Waals surface area (Å²) < 4.78 is 10.8. The number of hydrogen-bond acceptors (Lipinski definition) is 5. The van der Waals surface area contributed by atoms with Crippen LogP contribution in [0, 0.1) is 0 Å². The second-order valence-electron chi connectivity index (χ2n) is 7.00. The van der Waals surface area contributed by atoms with Gasteiger partial charge in [0.25, 0.3) is 0 Å². The highest BCUT2D eigenvalue weighted by molar-refractivity contribution is 4.89. The number of rotatable bonds is 14. The van der Waals surface area contributed by atoms with E-state index in [0.717, 1.165) is 6.42 Å². The average molecular weight is 359 g/mol. The first-order chi connectivity index (χ1) is 12.2. The molecule has 0 aromatic carbocycles. The second kappa shape index (κ2) is 14.7. The molecule has 0 spiro atoms. The molecule has 0 aromatic heterocycles. The second-order valence-corrected chi connectivity index (χ2v) is 7.00. The molecule has 1 rings (SSSR count). The lowest BCUT2D eigenvalue weighted by molar-refractivity contribution is -0.205. The van der Waals surface area contributed by atoms with Gasteiger partial charge in [0.15, 0.2) is 0 Å². The number of unbranched alkanes of at least 4 members (excludes halogenated alkanes) is 9. The van der Waals surface area contributed by atoms with E-state index in [2.05, 4.69) is 13.0 Å². The van der Waals surface area contributed by atoms with Crippen molar-refractivity contribution in [2.24, 2.45) is 0 Å². The Bertz CT molecular complexity index is 334. The molecule has 1 fully saturated rings. The van der Waals surface area contributed by atoms with Gasteiger partial charge >= 0.3 is 0 Å². The maximum absolute atomic E-state index is 9.94. The zero-order valence-corrected chi connectivity index (χ0v) is 15.8. The highest BCUT2D eigenvalue weighted by Gasteiger charge is 2.38. The van der Waals surface area contributed by atoms with E-state index in [4.69, 9.17) is 14.6 Å². The third kappa shape index (κ3) is 9.71. The number of aliphatic hydroxyl groups is 3. The molecule has 0 bridgehead atoms. The molecule has 1 aliphatic heterocycles. The lowest BCUT2D eigenvalue weighted by Gasteiger charge is -2.36. The fourth-order valence-electron chi connectivity index (χ4n) is 3.10. The SMILES string of the molecule is CCCCCCCCCCC/C=C/CO[C@@H]1CO[C@@H](CO)[C@H](O)[C@H]1O. The number of ether oxygens (including phenoxy) is 2. The zero-order valence-electron chi connectivity index (χ0n) is 15.8. The molecule has 5 nitrogen and oxygen atoms in total. The molecule has 4 atom stereocenters. The van der Waals surface area contributed by atoms with Crippen LogP contribution in [-0.2, 0) is 9.47 Å². The minimum Gasteiger partial charge on any atom is -0.394 e. The summed E-state index contributed by atoms with van der Waals surface area (Å²) in [4.78, 5) is 0. The van der Waals surface area contributed by atoms with E-state index in [-0.39, 0.29) is 13.2 Å². The van der Waals surface area contributed by atoms with Crippen LogP contribution in [0.15, 0.2) is 12.2 Å². The van der Waals surface area contributed by atoms with E-state index in [1.54, 1.807) is 0 Å². The van der Waals surface area contributed by atoms with Crippen LogP contribution in [0.5, 0.6) is 0 Å². The van der Waals surface area contributed by atoms with Gasteiger partial charge in [0.1, 0.15) is 24.4 Å². The van der Waals surface area contributed by atoms with E-state index in [1.807, 2.05) is 6.08 Å². The highest BCUT2D eigenvalue weighted by atomic mass is 16.6. The Morgan fingerprint density at radius 2 is 1.56 bits per heavy atom. The summed E-state index contributed by atoms with van der Waals surface area (Å²) >= 11 is 0. The molecule has 25 heavy (non-hydrogen) atoms. The van der Waals surface area contributed by atoms with E-state index < -0.39 is 24.4 Å². The summed E-state index contributed by atoms with van der Waals surface area (Å²) in [6, 6.07) is 0. The molecule has 0 amide bonds. The van der Waals surface area contributed by atoms with Crippen molar-refractivity contribution >= 4 is 0 Å². The van der Waals surface area contributed by atoms with Crippen LogP contribution in [0.25, 0.3) is 0 Å². The minimum atomic E-state index is -1.10. The summed E-state index contributed by atoms with van der Waals surface area (Å²) in [6.45, 7) is 2.54. The molecule has 5 heteroatoms. The molecule has 1 saturated heterocycles. The Labute approximate surface area is 153 Å². The van der Waals surface area contributed by atoms with Crippen molar-refractivity contribution < 1.29 is 24.8 Å². The van der Waals surface area contributed by atoms with Gasteiger partial charge in [-0.05, 0) is 12.8 Å². The normalized spacial score (nSPS) is 27.2. The smallest absolute Gasteiger partial charge is 0.111 e. The topological polar surface area (TPSA) is 79.2 Å². The maximum atomic E-state index is 9.94. The largest absolute Gasteiger partial charge is 0.394 e. The summed E-state index contributed by atoms with van der Waals surface area (Å²) in [5.74, 6) is 0. The third-order valence-electron chi connectivity index (χ3n) is 4.81. The van der Waals surface area contributed by atoms with Crippen LogP contribution in [0.4, 0.5) is 0 Å². The van der Waals surface area contributed by atoms with E-state index in [0.29, 0.717) is 6.61 Å². The molecule has 3 N–H and O–H groups in total. The monoisotopic (exact) mass is 358 g/mol. The fourth-order valence-corrected chi connectivity index (χ4v) is 3.10. The predicted octanol–water partition coefficient (Wildman–Crippen LogP) is 2.96. The van der Waals surface area contributed by atoms with Gasteiger partial charge in [-0.25, -0.2) is 0 Å². The van der Waals surface area contributed by atoms with Gasteiger partial charge in [-0.15, -0.1) is 0 Å². The minimum absolute atomic E-state index is 0.190. The molecular formula is C20H38O5. The first-order valence-corrected chi connectivity index (χ1v) is 10.1. The van der Waals surface area contributed by atoms with Gasteiger partial charge in [0.05, 0.1) is 19.8 Å². The van der Waals surface area contributed by atoms with Crippen molar-refractivity contribution in [3.63, 3.8) is 0 Å². The van der Waals surface area contributed by atoms with Crippen molar-refractivity contribution in [1.29, 1.82) is 0 Å². The van der Waals surface area contributed by atoms with Crippen molar-refractivity contribution in [3.8, 4) is 0 Å². The van der Waals surface area contributed by atoms with Gasteiger partial charge in [-0.2, -0.15) is 0 Å². The molecule has 148 valence electrons. The highest BCUT2D eigenvalue weighted by Crippen LogP contribution is 2.17. The van der Waals surface area contributed by atoms with Crippen LogP contribution in [0.1, 0.15) is 71.1 Å². The van der Waals surface area contributed by atoms with Crippen LogP contribution in [0.2, 0.25) is 0 Å². The first kappa shape index (κ1) is 22.6. The molecular weight excluding hydrogens is 320 g/mol. The lowest BCUT2D eigenvalue weighted by Crippen LogP contribution is -2.54. The fraction of sp³-hybridized carbons (Fsp3) is 0.900. The number of allylic oxidation sites excluding steroid dienone is 1. The maximum Gasteiger partial charge on any atom is 0.111 e.